The first kappa shape index (κ1) is 14.6. The van der Waals surface area contributed by atoms with Crippen LogP contribution in [0.15, 0.2) is 6.07 Å². The van der Waals surface area contributed by atoms with Crippen LogP contribution in [0.4, 0.5) is 0 Å². The van der Waals surface area contributed by atoms with Gasteiger partial charge in [-0.2, -0.15) is 5.10 Å². The van der Waals surface area contributed by atoms with Crippen molar-refractivity contribution in [1.29, 1.82) is 0 Å². The van der Waals surface area contributed by atoms with E-state index in [9.17, 15) is 4.79 Å². The predicted octanol–water partition coefficient (Wildman–Crippen LogP) is 2.86. The molecule has 1 amide bonds. The lowest BCUT2D eigenvalue weighted by atomic mass is 9.91. The maximum atomic E-state index is 12.7. The van der Waals surface area contributed by atoms with Crippen molar-refractivity contribution in [3.63, 3.8) is 0 Å². The van der Waals surface area contributed by atoms with E-state index in [1.165, 1.54) is 6.42 Å². The number of nitrogens with zero attached hydrogens (tertiary/aromatic N) is 3. The molecule has 106 valence electrons. The molecule has 0 aromatic carbocycles. The molecule has 0 saturated heterocycles. The van der Waals surface area contributed by atoms with Crippen LogP contribution in [0.25, 0.3) is 0 Å². The van der Waals surface area contributed by atoms with Crippen LogP contribution >= 0.6 is 15.9 Å². The van der Waals surface area contributed by atoms with Crippen molar-refractivity contribution in [1.82, 2.24) is 14.7 Å². The van der Waals surface area contributed by atoms with Crippen molar-refractivity contribution in [2.24, 2.45) is 0 Å². The largest absolute Gasteiger partial charge is 0.334 e. The van der Waals surface area contributed by atoms with Crippen LogP contribution in [-0.4, -0.2) is 38.5 Å². The van der Waals surface area contributed by atoms with Gasteiger partial charge in [0, 0.05) is 24.5 Å². The minimum Gasteiger partial charge on any atom is -0.334 e. The fourth-order valence-corrected chi connectivity index (χ4v) is 2.82. The number of amides is 1. The van der Waals surface area contributed by atoms with Crippen LogP contribution < -0.4 is 0 Å². The molecule has 0 N–H and O–H groups in total. The second kappa shape index (κ2) is 6.55. The molecule has 5 heteroatoms. The minimum atomic E-state index is 0.137. The van der Waals surface area contributed by atoms with E-state index >= 15 is 0 Å². The van der Waals surface area contributed by atoms with Gasteiger partial charge in [0.1, 0.15) is 5.69 Å². The Morgan fingerprint density at radius 3 is 2.74 bits per heavy atom. The maximum Gasteiger partial charge on any atom is 0.272 e. The van der Waals surface area contributed by atoms with Gasteiger partial charge in [0.15, 0.2) is 0 Å². The standard InChI is InChI=1S/C14H22BrN3O/c1-3-11-10-13(18(4-2)16-11)14(19)17(9-8-15)12-6-5-7-12/h10,12H,3-9H2,1-2H3. The highest BCUT2D eigenvalue weighted by Gasteiger charge is 2.30. The maximum absolute atomic E-state index is 12.7. The highest BCUT2D eigenvalue weighted by atomic mass is 79.9. The predicted molar refractivity (Wildman–Crippen MR) is 79.7 cm³/mol. The number of carbonyl (C=O) groups excluding carboxylic acids is 1. The second-order valence-corrected chi connectivity index (χ2v) is 5.76. The van der Waals surface area contributed by atoms with Gasteiger partial charge in [-0.3, -0.25) is 9.48 Å². The number of halogens is 1. The van der Waals surface area contributed by atoms with E-state index < -0.39 is 0 Å². The Kier molecular flexibility index (Phi) is 5.02. The van der Waals surface area contributed by atoms with Gasteiger partial charge in [-0.25, -0.2) is 0 Å². The van der Waals surface area contributed by atoms with Crippen LogP contribution in [0.3, 0.4) is 0 Å². The van der Waals surface area contributed by atoms with Crippen molar-refractivity contribution in [3.05, 3.63) is 17.5 Å². The van der Waals surface area contributed by atoms with Crippen LogP contribution in [0.1, 0.15) is 49.3 Å². The fraction of sp³-hybridized carbons (Fsp3) is 0.714. The Bertz CT molecular complexity index is 440. The normalized spacial score (nSPS) is 15.3. The highest BCUT2D eigenvalue weighted by molar-refractivity contribution is 9.09. The Morgan fingerprint density at radius 2 is 2.26 bits per heavy atom. The molecule has 1 heterocycles. The van der Waals surface area contributed by atoms with E-state index in [1.807, 2.05) is 22.6 Å². The van der Waals surface area contributed by atoms with Crippen molar-refractivity contribution < 1.29 is 4.79 Å². The van der Waals surface area contributed by atoms with E-state index in [0.29, 0.717) is 6.04 Å². The summed E-state index contributed by atoms with van der Waals surface area (Å²) in [6.07, 6.45) is 4.39. The molecule has 0 atom stereocenters. The first-order valence-electron chi connectivity index (χ1n) is 7.14. The number of carbonyl (C=O) groups is 1. The van der Waals surface area contributed by atoms with Gasteiger partial charge >= 0.3 is 0 Å². The van der Waals surface area contributed by atoms with E-state index in [2.05, 4.69) is 28.0 Å². The first-order chi connectivity index (χ1) is 9.21. The van der Waals surface area contributed by atoms with Gasteiger partial charge in [0.2, 0.25) is 0 Å². The lowest BCUT2D eigenvalue weighted by Crippen LogP contribution is -2.45. The average Bonchev–Trinajstić information content (AvgIpc) is 2.78. The molecule has 0 unspecified atom stereocenters. The Morgan fingerprint density at radius 1 is 1.53 bits per heavy atom. The van der Waals surface area contributed by atoms with Crippen molar-refractivity contribution in [3.8, 4) is 0 Å². The molecule has 0 bridgehead atoms. The van der Waals surface area contributed by atoms with E-state index in [1.54, 1.807) is 0 Å². The molecule has 1 aliphatic rings. The molecule has 1 aliphatic carbocycles. The van der Waals surface area contributed by atoms with E-state index in [4.69, 9.17) is 0 Å². The van der Waals surface area contributed by atoms with Gasteiger partial charge in [0.05, 0.1) is 5.69 Å². The number of hydrogen-bond acceptors (Lipinski definition) is 2. The summed E-state index contributed by atoms with van der Waals surface area (Å²) in [6, 6.07) is 2.38. The highest BCUT2D eigenvalue weighted by Crippen LogP contribution is 2.26. The molecule has 0 spiro atoms. The number of rotatable bonds is 6. The molecular formula is C14H22BrN3O. The molecule has 4 nitrogen and oxygen atoms in total. The summed E-state index contributed by atoms with van der Waals surface area (Å²) < 4.78 is 1.83. The monoisotopic (exact) mass is 327 g/mol. The summed E-state index contributed by atoms with van der Waals surface area (Å²) in [6.45, 7) is 5.62. The van der Waals surface area contributed by atoms with Crippen molar-refractivity contribution in [2.75, 3.05) is 11.9 Å². The third-order valence-electron chi connectivity index (χ3n) is 3.81. The Labute approximate surface area is 123 Å². The third-order valence-corrected chi connectivity index (χ3v) is 4.17. The number of alkyl halides is 1. The van der Waals surface area contributed by atoms with Crippen LogP contribution in [-0.2, 0) is 13.0 Å². The van der Waals surface area contributed by atoms with Crippen molar-refractivity contribution >= 4 is 21.8 Å². The van der Waals surface area contributed by atoms with E-state index in [0.717, 1.165) is 49.1 Å². The molecular weight excluding hydrogens is 306 g/mol. The SMILES string of the molecule is CCc1cc(C(=O)N(CCBr)C2CCC2)n(CC)n1. The molecule has 0 aliphatic heterocycles. The lowest BCUT2D eigenvalue weighted by Gasteiger charge is -2.37. The zero-order valence-electron chi connectivity index (χ0n) is 11.7. The Hall–Kier alpha value is -0.840. The van der Waals surface area contributed by atoms with Crippen LogP contribution in [0, 0.1) is 0 Å². The molecule has 1 aromatic heterocycles. The topological polar surface area (TPSA) is 38.1 Å². The third kappa shape index (κ3) is 3.02. The molecule has 2 rings (SSSR count). The van der Waals surface area contributed by atoms with Gasteiger partial charge in [-0.1, -0.05) is 22.9 Å². The average molecular weight is 328 g/mol. The smallest absolute Gasteiger partial charge is 0.272 e. The van der Waals surface area contributed by atoms with Gasteiger partial charge in [0.25, 0.3) is 5.91 Å². The van der Waals surface area contributed by atoms with E-state index in [-0.39, 0.29) is 5.91 Å². The summed E-state index contributed by atoms with van der Waals surface area (Å²) in [4.78, 5) is 14.7. The van der Waals surface area contributed by atoms with Crippen LogP contribution in [0.2, 0.25) is 0 Å². The summed E-state index contributed by atoms with van der Waals surface area (Å²) >= 11 is 3.45. The van der Waals surface area contributed by atoms with Crippen LogP contribution in [0.5, 0.6) is 0 Å². The van der Waals surface area contributed by atoms with Gasteiger partial charge in [-0.15, -0.1) is 0 Å². The van der Waals surface area contributed by atoms with Gasteiger partial charge < -0.3 is 4.90 Å². The molecule has 1 saturated carbocycles. The summed E-state index contributed by atoms with van der Waals surface area (Å²) in [7, 11) is 0. The summed E-state index contributed by atoms with van der Waals surface area (Å²) in [5.41, 5.74) is 1.74. The summed E-state index contributed by atoms with van der Waals surface area (Å²) in [5.74, 6) is 0.137. The van der Waals surface area contributed by atoms with Crippen molar-refractivity contribution in [2.45, 2.75) is 52.1 Å². The second-order valence-electron chi connectivity index (χ2n) is 4.96. The fourth-order valence-electron chi connectivity index (χ4n) is 2.44. The molecule has 0 radical (unpaired) electrons. The number of aryl methyl sites for hydroxylation is 2. The zero-order valence-corrected chi connectivity index (χ0v) is 13.3. The molecule has 1 fully saturated rings. The Balaban J connectivity index is 2.22. The number of aromatic nitrogens is 2. The lowest BCUT2D eigenvalue weighted by molar-refractivity contribution is 0.0587. The minimum absolute atomic E-state index is 0.137. The molecule has 19 heavy (non-hydrogen) atoms. The molecule has 1 aromatic rings. The first-order valence-corrected chi connectivity index (χ1v) is 8.27. The van der Waals surface area contributed by atoms with Gasteiger partial charge in [-0.05, 0) is 38.7 Å². The summed E-state index contributed by atoms with van der Waals surface area (Å²) in [5, 5.41) is 5.30. The zero-order chi connectivity index (χ0) is 13.8. The quantitative estimate of drug-likeness (QED) is 0.753. The number of hydrogen-bond donors (Lipinski definition) is 0.